The number of hydrogen-bond acceptors (Lipinski definition) is 10. The molecule has 2 rings (SSSR count). The van der Waals surface area contributed by atoms with Crippen molar-refractivity contribution in [3.63, 3.8) is 0 Å². The summed E-state index contributed by atoms with van der Waals surface area (Å²) < 4.78 is 5.26. The molecular formula is C27H47N5O9. The zero-order chi connectivity index (χ0) is 30.2. The Kier molecular flexibility index (Phi) is 15.6. The van der Waals surface area contributed by atoms with Crippen LogP contribution in [0.2, 0.25) is 0 Å². The van der Waals surface area contributed by atoms with E-state index in [4.69, 9.17) is 4.74 Å². The van der Waals surface area contributed by atoms with Crippen molar-refractivity contribution < 1.29 is 44.0 Å². The Morgan fingerprint density at radius 1 is 0.659 bits per heavy atom. The molecule has 0 bridgehead atoms. The number of aliphatic carboxylic acids is 3. The van der Waals surface area contributed by atoms with Crippen molar-refractivity contribution >= 4 is 29.8 Å². The molecule has 0 unspecified atom stereocenters. The first-order chi connectivity index (χ1) is 19.5. The predicted molar refractivity (Wildman–Crippen MR) is 148 cm³/mol. The molecule has 234 valence electrons. The Bertz CT molecular complexity index is 834. The molecule has 1 saturated carbocycles. The Hall–Kier alpha value is -2.81. The number of amides is 1. The maximum atomic E-state index is 12.9. The van der Waals surface area contributed by atoms with Gasteiger partial charge < -0.3 is 25.4 Å². The Morgan fingerprint density at radius 3 is 1.41 bits per heavy atom. The van der Waals surface area contributed by atoms with Gasteiger partial charge in [-0.1, -0.05) is 6.92 Å². The van der Waals surface area contributed by atoms with Crippen LogP contribution in [0.4, 0.5) is 0 Å². The van der Waals surface area contributed by atoms with Gasteiger partial charge in [0, 0.05) is 58.9 Å². The number of nitrogens with one attached hydrogen (secondary N) is 1. The molecule has 1 aliphatic heterocycles. The summed E-state index contributed by atoms with van der Waals surface area (Å²) in [6.45, 7) is 5.16. The van der Waals surface area contributed by atoms with Crippen LogP contribution in [0.15, 0.2) is 0 Å². The van der Waals surface area contributed by atoms with Gasteiger partial charge in [0.15, 0.2) is 0 Å². The molecule has 1 aliphatic carbocycles. The highest BCUT2D eigenvalue weighted by molar-refractivity contribution is 5.78. The number of rotatable bonds is 13. The lowest BCUT2D eigenvalue weighted by Gasteiger charge is -2.33. The fraction of sp³-hybridized carbons (Fsp3) is 0.815. The van der Waals surface area contributed by atoms with Crippen molar-refractivity contribution in [3.05, 3.63) is 0 Å². The molecule has 14 heteroatoms. The van der Waals surface area contributed by atoms with Crippen molar-refractivity contribution in [2.24, 2.45) is 11.8 Å². The van der Waals surface area contributed by atoms with Gasteiger partial charge in [-0.2, -0.15) is 0 Å². The summed E-state index contributed by atoms with van der Waals surface area (Å²) in [6.07, 6.45) is 3.97. The monoisotopic (exact) mass is 585 g/mol. The average molecular weight is 586 g/mol. The molecule has 0 radical (unpaired) electrons. The first-order valence-corrected chi connectivity index (χ1v) is 14.5. The van der Waals surface area contributed by atoms with E-state index >= 15 is 0 Å². The van der Waals surface area contributed by atoms with Crippen molar-refractivity contribution in [1.82, 2.24) is 24.9 Å². The highest BCUT2D eigenvalue weighted by atomic mass is 16.5. The quantitative estimate of drug-likeness (QED) is 0.200. The van der Waals surface area contributed by atoms with Gasteiger partial charge in [0.1, 0.15) is 0 Å². The normalized spacial score (nSPS) is 22.7. The minimum Gasteiger partial charge on any atom is -0.480 e. The van der Waals surface area contributed by atoms with E-state index in [0.717, 1.165) is 32.1 Å². The lowest BCUT2D eigenvalue weighted by Crippen LogP contribution is -2.50. The molecule has 4 N–H and O–H groups in total. The maximum Gasteiger partial charge on any atom is 0.317 e. The Morgan fingerprint density at radius 2 is 1.05 bits per heavy atom. The first kappa shape index (κ1) is 34.4. The molecule has 0 aromatic rings. The summed E-state index contributed by atoms with van der Waals surface area (Å²) in [5.41, 5.74) is 0. The predicted octanol–water partition coefficient (Wildman–Crippen LogP) is -0.662. The van der Waals surface area contributed by atoms with E-state index in [9.17, 15) is 39.3 Å². The second kappa shape index (κ2) is 18.6. The van der Waals surface area contributed by atoms with Crippen molar-refractivity contribution in [3.8, 4) is 0 Å². The number of carbonyl (C=O) groups is 5. The molecule has 14 nitrogen and oxygen atoms in total. The number of carbonyl (C=O) groups excluding carboxylic acids is 2. The fourth-order valence-electron chi connectivity index (χ4n) is 5.22. The summed E-state index contributed by atoms with van der Waals surface area (Å²) >= 11 is 0. The minimum atomic E-state index is -1.01. The van der Waals surface area contributed by atoms with Crippen molar-refractivity contribution in [2.45, 2.75) is 39.0 Å². The summed E-state index contributed by atoms with van der Waals surface area (Å²) in [4.78, 5) is 66.2. The molecule has 0 aromatic carbocycles. The van der Waals surface area contributed by atoms with Gasteiger partial charge in [0.2, 0.25) is 5.91 Å². The average Bonchev–Trinajstić information content (AvgIpc) is 2.91. The van der Waals surface area contributed by atoms with Crippen LogP contribution in [-0.4, -0.2) is 156 Å². The molecular weight excluding hydrogens is 538 g/mol. The SMILES string of the molecule is CCCOC(=O)C1CCC(CNC(=O)CN2CCN(CC(=O)O)CCN(CC(=O)O)CCN(CC(=O)O)CC2)CC1. The zero-order valence-corrected chi connectivity index (χ0v) is 24.2. The molecule has 0 spiro atoms. The molecule has 2 fully saturated rings. The van der Waals surface area contributed by atoms with Gasteiger partial charge in [0.25, 0.3) is 0 Å². The van der Waals surface area contributed by atoms with Gasteiger partial charge >= 0.3 is 23.9 Å². The van der Waals surface area contributed by atoms with E-state index < -0.39 is 17.9 Å². The lowest BCUT2D eigenvalue weighted by molar-refractivity contribution is -0.150. The molecule has 0 atom stereocenters. The van der Waals surface area contributed by atoms with Crippen LogP contribution < -0.4 is 5.32 Å². The molecule has 41 heavy (non-hydrogen) atoms. The van der Waals surface area contributed by atoms with Gasteiger partial charge in [-0.25, -0.2) is 0 Å². The van der Waals surface area contributed by atoms with E-state index in [-0.39, 0.29) is 49.9 Å². The fourth-order valence-corrected chi connectivity index (χ4v) is 5.22. The summed E-state index contributed by atoms with van der Waals surface area (Å²) in [5, 5.41) is 31.0. The number of carboxylic acids is 3. The number of hydrogen-bond donors (Lipinski definition) is 4. The highest BCUT2D eigenvalue weighted by Crippen LogP contribution is 2.29. The van der Waals surface area contributed by atoms with Crippen molar-refractivity contribution in [1.29, 1.82) is 0 Å². The third kappa shape index (κ3) is 14.6. The second-order valence-electron chi connectivity index (χ2n) is 11.0. The largest absolute Gasteiger partial charge is 0.480 e. The summed E-state index contributed by atoms with van der Waals surface area (Å²) in [6, 6.07) is 0. The van der Waals surface area contributed by atoms with Gasteiger partial charge in [-0.15, -0.1) is 0 Å². The molecule has 0 aromatic heterocycles. The Labute approximate surface area is 241 Å². The van der Waals surface area contributed by atoms with Crippen LogP contribution in [0.1, 0.15) is 39.0 Å². The second-order valence-corrected chi connectivity index (χ2v) is 11.0. The molecule has 1 amide bonds. The molecule has 1 saturated heterocycles. The van der Waals surface area contributed by atoms with Crippen LogP contribution in [0.25, 0.3) is 0 Å². The third-order valence-electron chi connectivity index (χ3n) is 7.59. The smallest absolute Gasteiger partial charge is 0.317 e. The van der Waals surface area contributed by atoms with Crippen LogP contribution in [0.3, 0.4) is 0 Å². The maximum absolute atomic E-state index is 12.9. The zero-order valence-electron chi connectivity index (χ0n) is 24.2. The van der Waals surface area contributed by atoms with Crippen LogP contribution in [-0.2, 0) is 28.7 Å². The summed E-state index contributed by atoms with van der Waals surface area (Å²) in [7, 11) is 0. The van der Waals surface area contributed by atoms with Crippen LogP contribution in [0, 0.1) is 11.8 Å². The topological polar surface area (TPSA) is 180 Å². The molecule has 2 aliphatic rings. The van der Waals surface area contributed by atoms with Gasteiger partial charge in [0.05, 0.1) is 38.7 Å². The third-order valence-corrected chi connectivity index (χ3v) is 7.59. The number of nitrogens with zero attached hydrogens (tertiary/aromatic N) is 4. The van der Waals surface area contributed by atoms with E-state index in [1.807, 2.05) is 11.8 Å². The van der Waals surface area contributed by atoms with E-state index in [1.54, 1.807) is 14.7 Å². The number of esters is 1. The van der Waals surface area contributed by atoms with E-state index in [1.165, 1.54) is 0 Å². The first-order valence-electron chi connectivity index (χ1n) is 14.5. The lowest BCUT2D eigenvalue weighted by atomic mass is 9.82. The molecule has 1 heterocycles. The van der Waals surface area contributed by atoms with E-state index in [2.05, 4.69) is 5.32 Å². The van der Waals surface area contributed by atoms with Crippen molar-refractivity contribution in [2.75, 3.05) is 91.7 Å². The standard InChI is InChI=1S/C27H47N5O9/c1-2-15-41-27(40)22-5-3-21(4-6-22)16-28-23(33)17-29-7-9-30(18-24(34)35)11-13-32(20-26(38)39)14-12-31(10-8-29)19-25(36)37/h21-22H,2-20H2,1H3,(H,28,33)(H,34,35)(H,36,37)(H,38,39). The van der Waals surface area contributed by atoms with E-state index in [0.29, 0.717) is 65.5 Å². The van der Waals surface area contributed by atoms with Gasteiger partial charge in [-0.3, -0.25) is 43.6 Å². The Balaban J connectivity index is 1.94. The number of ether oxygens (including phenoxy) is 1. The van der Waals surface area contributed by atoms with Gasteiger partial charge in [-0.05, 0) is 38.0 Å². The van der Waals surface area contributed by atoms with Crippen LogP contribution in [0.5, 0.6) is 0 Å². The minimum absolute atomic E-state index is 0.0745. The highest BCUT2D eigenvalue weighted by Gasteiger charge is 2.28. The number of carboxylic acid groups (broad SMARTS) is 3. The van der Waals surface area contributed by atoms with Crippen LogP contribution >= 0.6 is 0 Å². The summed E-state index contributed by atoms with van der Waals surface area (Å²) in [5.74, 6) is -3.08.